The fourth-order valence-corrected chi connectivity index (χ4v) is 2.11. The largest absolute Gasteiger partial charge is 0.356 e. The topological polar surface area (TPSA) is 29.1 Å². The Hall–Kier alpha value is -1.54. The van der Waals surface area contributed by atoms with E-state index in [4.69, 9.17) is 11.6 Å². The summed E-state index contributed by atoms with van der Waals surface area (Å²) >= 11 is 5.57. The smallest absolute Gasteiger partial charge is 0.224 e. The zero-order valence-electron chi connectivity index (χ0n) is 10.2. The molecule has 94 valence electrons. The second kappa shape index (κ2) is 6.41. The predicted molar refractivity (Wildman–Crippen MR) is 76.0 cm³/mol. The van der Waals surface area contributed by atoms with Crippen LogP contribution in [0.15, 0.2) is 42.5 Å². The molecule has 0 aliphatic rings. The molecular formula is C15H16ClNO. The number of benzene rings is 2. The Morgan fingerprint density at radius 1 is 1.11 bits per heavy atom. The number of hydrogen-bond donors (Lipinski definition) is 1. The van der Waals surface area contributed by atoms with Crippen LogP contribution in [0, 0.1) is 0 Å². The Balaban J connectivity index is 2.09. The first-order valence-corrected chi connectivity index (χ1v) is 6.64. The van der Waals surface area contributed by atoms with Crippen LogP contribution in [0.25, 0.3) is 10.8 Å². The summed E-state index contributed by atoms with van der Waals surface area (Å²) in [5.74, 6) is 0.630. The third kappa shape index (κ3) is 3.23. The summed E-state index contributed by atoms with van der Waals surface area (Å²) < 4.78 is 0. The molecule has 0 aliphatic heterocycles. The van der Waals surface area contributed by atoms with Crippen molar-refractivity contribution >= 4 is 28.3 Å². The quantitative estimate of drug-likeness (QED) is 0.650. The van der Waals surface area contributed by atoms with Gasteiger partial charge in [0, 0.05) is 12.4 Å². The third-order valence-corrected chi connectivity index (χ3v) is 3.13. The lowest BCUT2D eigenvalue weighted by Crippen LogP contribution is -2.26. The number of fused-ring (bicyclic) bond motifs is 1. The Labute approximate surface area is 112 Å². The highest BCUT2D eigenvalue weighted by molar-refractivity contribution is 6.17. The number of carbonyl (C=O) groups excluding carboxylic acids is 1. The molecule has 0 aliphatic carbocycles. The van der Waals surface area contributed by atoms with Crippen molar-refractivity contribution in [3.8, 4) is 0 Å². The summed E-state index contributed by atoms with van der Waals surface area (Å²) in [7, 11) is 0. The maximum Gasteiger partial charge on any atom is 0.224 e. The minimum Gasteiger partial charge on any atom is -0.356 e. The first kappa shape index (κ1) is 12.9. The summed E-state index contributed by atoms with van der Waals surface area (Å²) in [4.78, 5) is 11.8. The summed E-state index contributed by atoms with van der Waals surface area (Å²) in [6.07, 6.45) is 1.23. The van der Waals surface area contributed by atoms with Gasteiger partial charge in [0.1, 0.15) is 0 Å². The lowest BCUT2D eigenvalue weighted by Gasteiger charge is -2.07. The van der Waals surface area contributed by atoms with E-state index < -0.39 is 0 Å². The molecule has 2 rings (SSSR count). The first-order valence-electron chi connectivity index (χ1n) is 6.10. The fourth-order valence-electron chi connectivity index (χ4n) is 1.98. The molecule has 0 heterocycles. The molecule has 0 saturated heterocycles. The van der Waals surface area contributed by atoms with Gasteiger partial charge in [0.05, 0.1) is 6.42 Å². The average Bonchev–Trinajstić information content (AvgIpc) is 2.39. The van der Waals surface area contributed by atoms with Crippen molar-refractivity contribution in [1.29, 1.82) is 0 Å². The minimum absolute atomic E-state index is 0.0523. The van der Waals surface area contributed by atoms with Crippen molar-refractivity contribution in [3.63, 3.8) is 0 Å². The molecule has 1 amide bonds. The molecule has 1 N–H and O–H groups in total. The van der Waals surface area contributed by atoms with Crippen LogP contribution in [-0.4, -0.2) is 18.3 Å². The van der Waals surface area contributed by atoms with Gasteiger partial charge in [-0.25, -0.2) is 0 Å². The lowest BCUT2D eigenvalue weighted by molar-refractivity contribution is -0.120. The second-order valence-corrected chi connectivity index (χ2v) is 4.59. The SMILES string of the molecule is O=C(Cc1cccc2ccccc12)NCCCCl. The second-order valence-electron chi connectivity index (χ2n) is 4.21. The van der Waals surface area contributed by atoms with Crippen molar-refractivity contribution in [1.82, 2.24) is 5.32 Å². The van der Waals surface area contributed by atoms with Gasteiger partial charge in [-0.15, -0.1) is 11.6 Å². The molecule has 2 aromatic carbocycles. The number of amides is 1. The van der Waals surface area contributed by atoms with Crippen molar-refractivity contribution in [2.24, 2.45) is 0 Å². The minimum atomic E-state index is 0.0523. The Morgan fingerprint density at radius 2 is 1.89 bits per heavy atom. The van der Waals surface area contributed by atoms with Crippen LogP contribution in [0.4, 0.5) is 0 Å². The van der Waals surface area contributed by atoms with E-state index in [1.807, 2.05) is 24.3 Å². The van der Waals surface area contributed by atoms with E-state index in [1.54, 1.807) is 0 Å². The summed E-state index contributed by atoms with van der Waals surface area (Å²) in [6.45, 7) is 0.646. The van der Waals surface area contributed by atoms with Gasteiger partial charge in [-0.2, -0.15) is 0 Å². The molecule has 2 nitrogen and oxygen atoms in total. The molecular weight excluding hydrogens is 246 g/mol. The maximum absolute atomic E-state index is 11.8. The zero-order chi connectivity index (χ0) is 12.8. The van der Waals surface area contributed by atoms with Crippen LogP contribution in [0.5, 0.6) is 0 Å². The van der Waals surface area contributed by atoms with Crippen LogP contribution in [0.3, 0.4) is 0 Å². The molecule has 0 spiro atoms. The molecule has 18 heavy (non-hydrogen) atoms. The molecule has 0 fully saturated rings. The molecule has 3 heteroatoms. The predicted octanol–water partition coefficient (Wildman–Crippen LogP) is 3.13. The Bertz CT molecular complexity index is 534. The van der Waals surface area contributed by atoms with Gasteiger partial charge in [-0.05, 0) is 22.8 Å². The molecule has 0 unspecified atom stereocenters. The van der Waals surface area contributed by atoms with Gasteiger partial charge in [0.2, 0.25) is 5.91 Å². The Morgan fingerprint density at radius 3 is 2.72 bits per heavy atom. The highest BCUT2D eigenvalue weighted by Gasteiger charge is 2.05. The number of rotatable bonds is 5. The van der Waals surface area contributed by atoms with Crippen molar-refractivity contribution < 1.29 is 4.79 Å². The van der Waals surface area contributed by atoms with E-state index in [2.05, 4.69) is 23.5 Å². The van der Waals surface area contributed by atoms with Gasteiger partial charge >= 0.3 is 0 Å². The van der Waals surface area contributed by atoms with Crippen LogP contribution in [-0.2, 0) is 11.2 Å². The van der Waals surface area contributed by atoms with Crippen LogP contribution in [0.1, 0.15) is 12.0 Å². The molecule has 0 saturated carbocycles. The van der Waals surface area contributed by atoms with E-state index in [-0.39, 0.29) is 5.91 Å². The summed E-state index contributed by atoms with van der Waals surface area (Å²) in [5.41, 5.74) is 1.07. The van der Waals surface area contributed by atoms with Gasteiger partial charge in [0.25, 0.3) is 0 Å². The number of nitrogens with one attached hydrogen (secondary N) is 1. The maximum atomic E-state index is 11.8. The van der Waals surface area contributed by atoms with Gasteiger partial charge in [-0.1, -0.05) is 42.5 Å². The Kier molecular flexibility index (Phi) is 4.59. The molecule has 0 aromatic heterocycles. The first-order chi connectivity index (χ1) is 8.81. The van der Waals surface area contributed by atoms with E-state index in [0.717, 1.165) is 17.4 Å². The van der Waals surface area contributed by atoms with E-state index in [1.165, 1.54) is 5.39 Å². The van der Waals surface area contributed by atoms with Crippen LogP contribution < -0.4 is 5.32 Å². The van der Waals surface area contributed by atoms with Crippen molar-refractivity contribution in [2.75, 3.05) is 12.4 Å². The van der Waals surface area contributed by atoms with E-state index in [9.17, 15) is 4.79 Å². The normalized spacial score (nSPS) is 10.5. The van der Waals surface area contributed by atoms with Crippen molar-refractivity contribution in [3.05, 3.63) is 48.0 Å². The highest BCUT2D eigenvalue weighted by atomic mass is 35.5. The van der Waals surface area contributed by atoms with Crippen molar-refractivity contribution in [2.45, 2.75) is 12.8 Å². The highest BCUT2D eigenvalue weighted by Crippen LogP contribution is 2.18. The number of carbonyl (C=O) groups is 1. The number of halogens is 1. The molecule has 0 atom stereocenters. The summed E-state index contributed by atoms with van der Waals surface area (Å²) in [6, 6.07) is 14.2. The molecule has 0 bridgehead atoms. The lowest BCUT2D eigenvalue weighted by atomic mass is 10.0. The summed E-state index contributed by atoms with van der Waals surface area (Å²) in [5, 5.41) is 5.19. The molecule has 0 radical (unpaired) electrons. The zero-order valence-corrected chi connectivity index (χ0v) is 10.9. The van der Waals surface area contributed by atoms with E-state index >= 15 is 0 Å². The average molecular weight is 262 g/mol. The standard InChI is InChI=1S/C15H16ClNO/c16-9-4-10-17-15(18)11-13-7-3-6-12-5-1-2-8-14(12)13/h1-3,5-8H,4,9-11H2,(H,17,18). The fraction of sp³-hybridized carbons (Fsp3) is 0.267. The van der Waals surface area contributed by atoms with Crippen LogP contribution >= 0.6 is 11.6 Å². The number of alkyl halides is 1. The van der Waals surface area contributed by atoms with Gasteiger partial charge in [0.15, 0.2) is 0 Å². The third-order valence-electron chi connectivity index (χ3n) is 2.86. The van der Waals surface area contributed by atoms with Crippen LogP contribution in [0.2, 0.25) is 0 Å². The van der Waals surface area contributed by atoms with Gasteiger partial charge < -0.3 is 5.32 Å². The van der Waals surface area contributed by atoms with Gasteiger partial charge in [-0.3, -0.25) is 4.79 Å². The number of hydrogen-bond acceptors (Lipinski definition) is 1. The monoisotopic (exact) mass is 261 g/mol. The molecule has 2 aromatic rings. The van der Waals surface area contributed by atoms with E-state index in [0.29, 0.717) is 18.8 Å².